The highest BCUT2D eigenvalue weighted by molar-refractivity contribution is 6.33. The quantitative estimate of drug-likeness (QED) is 0.691. The Kier molecular flexibility index (Phi) is 4.02. The fourth-order valence-corrected chi connectivity index (χ4v) is 1.89. The van der Waals surface area contributed by atoms with Crippen molar-refractivity contribution in [1.82, 2.24) is 4.98 Å². The number of rotatable bonds is 3. The number of aryl methyl sites for hydroxylation is 1. The summed E-state index contributed by atoms with van der Waals surface area (Å²) in [5, 5.41) is 0.285. The summed E-state index contributed by atoms with van der Waals surface area (Å²) in [6.45, 7) is 2.09. The van der Waals surface area contributed by atoms with E-state index in [1.54, 1.807) is 24.5 Å². The number of hydrogen-bond acceptors (Lipinski definition) is 4. The van der Waals surface area contributed by atoms with Crippen LogP contribution in [0.15, 0.2) is 36.7 Å². The van der Waals surface area contributed by atoms with Gasteiger partial charge in [-0.2, -0.15) is 0 Å². The van der Waals surface area contributed by atoms with Gasteiger partial charge in [0.1, 0.15) is 6.61 Å². The van der Waals surface area contributed by atoms with Crippen molar-refractivity contribution in [2.75, 3.05) is 5.73 Å². The highest BCUT2D eigenvalue weighted by atomic mass is 35.5. The monoisotopic (exact) mass is 276 g/mol. The molecule has 0 saturated heterocycles. The number of nitrogens with zero attached hydrogens (tertiary/aromatic N) is 1. The number of carbonyl (C=O) groups is 1. The molecule has 4 nitrogen and oxygen atoms in total. The van der Waals surface area contributed by atoms with E-state index in [9.17, 15) is 4.79 Å². The molecular weight excluding hydrogens is 264 g/mol. The van der Waals surface area contributed by atoms with Gasteiger partial charge in [0.2, 0.25) is 0 Å². The van der Waals surface area contributed by atoms with E-state index in [2.05, 4.69) is 4.98 Å². The molecule has 98 valence electrons. The standard InChI is InChI=1S/C14H13ClN2O2/c1-9-4-10(7-17-6-9)8-19-14(18)12-3-2-11(16)5-13(12)15/h2-7H,8,16H2,1H3. The first kappa shape index (κ1) is 13.4. The minimum absolute atomic E-state index is 0.161. The van der Waals surface area contributed by atoms with Gasteiger partial charge in [0, 0.05) is 23.6 Å². The zero-order valence-electron chi connectivity index (χ0n) is 10.4. The van der Waals surface area contributed by atoms with Crippen molar-refractivity contribution in [3.05, 3.63) is 58.4 Å². The van der Waals surface area contributed by atoms with Crippen LogP contribution in [-0.4, -0.2) is 11.0 Å². The first-order chi connectivity index (χ1) is 9.06. The summed E-state index contributed by atoms with van der Waals surface area (Å²) in [5.74, 6) is -0.480. The molecule has 1 heterocycles. The SMILES string of the molecule is Cc1cncc(COC(=O)c2ccc(N)cc2Cl)c1. The molecular formula is C14H13ClN2O2. The van der Waals surface area contributed by atoms with Gasteiger partial charge in [-0.3, -0.25) is 4.98 Å². The second-order valence-electron chi connectivity index (χ2n) is 4.19. The summed E-state index contributed by atoms with van der Waals surface area (Å²) in [5.41, 5.74) is 8.22. The zero-order valence-corrected chi connectivity index (χ0v) is 11.1. The molecule has 0 amide bonds. The van der Waals surface area contributed by atoms with Crippen LogP contribution in [0.5, 0.6) is 0 Å². The molecule has 5 heteroatoms. The van der Waals surface area contributed by atoms with Gasteiger partial charge in [0.15, 0.2) is 0 Å². The Morgan fingerprint density at radius 2 is 2.16 bits per heavy atom. The molecule has 1 aromatic heterocycles. The van der Waals surface area contributed by atoms with Gasteiger partial charge < -0.3 is 10.5 Å². The number of ether oxygens (including phenoxy) is 1. The fourth-order valence-electron chi connectivity index (χ4n) is 1.62. The summed E-state index contributed by atoms with van der Waals surface area (Å²) in [6.07, 6.45) is 3.40. The lowest BCUT2D eigenvalue weighted by Gasteiger charge is -2.07. The summed E-state index contributed by atoms with van der Waals surface area (Å²) in [7, 11) is 0. The second-order valence-corrected chi connectivity index (χ2v) is 4.59. The lowest BCUT2D eigenvalue weighted by molar-refractivity contribution is 0.0472. The summed E-state index contributed by atoms with van der Waals surface area (Å²) in [4.78, 5) is 15.9. The Labute approximate surface area is 116 Å². The lowest BCUT2D eigenvalue weighted by Crippen LogP contribution is -2.06. The Balaban J connectivity index is 2.05. The molecule has 2 rings (SSSR count). The van der Waals surface area contributed by atoms with E-state index in [4.69, 9.17) is 22.1 Å². The number of anilines is 1. The molecule has 0 unspecified atom stereocenters. The molecule has 1 aromatic carbocycles. The van der Waals surface area contributed by atoms with Crippen LogP contribution < -0.4 is 5.73 Å². The number of nitrogens with two attached hydrogens (primary N) is 1. The van der Waals surface area contributed by atoms with Crippen LogP contribution in [0.4, 0.5) is 5.69 Å². The van der Waals surface area contributed by atoms with Crippen LogP contribution in [0.3, 0.4) is 0 Å². The maximum absolute atomic E-state index is 11.9. The Bertz CT molecular complexity index is 614. The molecule has 19 heavy (non-hydrogen) atoms. The first-order valence-electron chi connectivity index (χ1n) is 5.69. The van der Waals surface area contributed by atoms with Crippen LogP contribution in [0.1, 0.15) is 21.5 Å². The number of pyridine rings is 1. The van der Waals surface area contributed by atoms with Gasteiger partial charge in [0.05, 0.1) is 10.6 Å². The molecule has 0 radical (unpaired) electrons. The molecule has 2 N–H and O–H groups in total. The average molecular weight is 277 g/mol. The van der Waals surface area contributed by atoms with E-state index in [1.807, 2.05) is 13.0 Å². The Hall–Kier alpha value is -2.07. The minimum atomic E-state index is -0.480. The fraction of sp³-hybridized carbons (Fsp3) is 0.143. The van der Waals surface area contributed by atoms with Crippen LogP contribution in [0, 0.1) is 6.92 Å². The van der Waals surface area contributed by atoms with Crippen molar-refractivity contribution in [2.24, 2.45) is 0 Å². The van der Waals surface area contributed by atoms with Crippen LogP contribution in [0.25, 0.3) is 0 Å². The molecule has 0 aliphatic heterocycles. The normalized spacial score (nSPS) is 10.2. The van der Waals surface area contributed by atoms with Crippen molar-refractivity contribution in [3.63, 3.8) is 0 Å². The van der Waals surface area contributed by atoms with E-state index in [0.717, 1.165) is 11.1 Å². The Morgan fingerprint density at radius 1 is 1.37 bits per heavy atom. The number of esters is 1. The highest BCUT2D eigenvalue weighted by Gasteiger charge is 2.12. The summed E-state index contributed by atoms with van der Waals surface area (Å²) in [6, 6.07) is 6.59. The average Bonchev–Trinajstić information content (AvgIpc) is 2.36. The molecule has 0 aliphatic rings. The predicted octanol–water partition coefficient (Wildman–Crippen LogP) is 2.98. The molecule has 0 bridgehead atoms. The third kappa shape index (κ3) is 3.45. The van der Waals surface area contributed by atoms with E-state index in [1.165, 1.54) is 6.07 Å². The summed E-state index contributed by atoms with van der Waals surface area (Å²) >= 11 is 5.94. The molecule has 0 fully saturated rings. The van der Waals surface area contributed by atoms with Crippen molar-refractivity contribution < 1.29 is 9.53 Å². The number of aromatic nitrogens is 1. The topological polar surface area (TPSA) is 65.2 Å². The van der Waals surface area contributed by atoms with Gasteiger partial charge in [-0.15, -0.1) is 0 Å². The van der Waals surface area contributed by atoms with Crippen LogP contribution >= 0.6 is 11.6 Å². The largest absolute Gasteiger partial charge is 0.457 e. The lowest BCUT2D eigenvalue weighted by atomic mass is 10.2. The molecule has 0 spiro atoms. The van der Waals surface area contributed by atoms with Gasteiger partial charge in [-0.25, -0.2) is 4.79 Å². The smallest absolute Gasteiger partial charge is 0.339 e. The van der Waals surface area contributed by atoms with Gasteiger partial charge >= 0.3 is 5.97 Å². The zero-order chi connectivity index (χ0) is 13.8. The Morgan fingerprint density at radius 3 is 2.84 bits per heavy atom. The van der Waals surface area contributed by atoms with Crippen molar-refractivity contribution in [2.45, 2.75) is 13.5 Å². The molecule has 2 aromatic rings. The number of carbonyl (C=O) groups excluding carboxylic acids is 1. The third-order valence-electron chi connectivity index (χ3n) is 2.51. The van der Waals surface area contributed by atoms with Crippen LogP contribution in [-0.2, 0) is 11.3 Å². The minimum Gasteiger partial charge on any atom is -0.457 e. The van der Waals surface area contributed by atoms with E-state index in [0.29, 0.717) is 11.3 Å². The van der Waals surface area contributed by atoms with Crippen LogP contribution in [0.2, 0.25) is 5.02 Å². The van der Waals surface area contributed by atoms with Crippen molar-refractivity contribution in [1.29, 1.82) is 0 Å². The van der Waals surface area contributed by atoms with E-state index in [-0.39, 0.29) is 11.6 Å². The first-order valence-corrected chi connectivity index (χ1v) is 6.07. The van der Waals surface area contributed by atoms with Gasteiger partial charge in [-0.05, 0) is 36.8 Å². The van der Waals surface area contributed by atoms with Gasteiger partial charge in [0.25, 0.3) is 0 Å². The maximum Gasteiger partial charge on any atom is 0.339 e. The van der Waals surface area contributed by atoms with Crippen molar-refractivity contribution >= 4 is 23.3 Å². The number of benzene rings is 1. The number of hydrogen-bond donors (Lipinski definition) is 1. The van der Waals surface area contributed by atoms with E-state index < -0.39 is 5.97 Å². The third-order valence-corrected chi connectivity index (χ3v) is 2.83. The predicted molar refractivity (Wildman–Crippen MR) is 74.0 cm³/mol. The number of halogens is 1. The number of nitrogen functional groups attached to an aromatic ring is 1. The maximum atomic E-state index is 11.9. The summed E-state index contributed by atoms with van der Waals surface area (Å²) < 4.78 is 5.19. The van der Waals surface area contributed by atoms with E-state index >= 15 is 0 Å². The van der Waals surface area contributed by atoms with Gasteiger partial charge in [-0.1, -0.05) is 11.6 Å². The molecule has 0 saturated carbocycles. The molecule has 0 atom stereocenters. The molecule has 0 aliphatic carbocycles. The highest BCUT2D eigenvalue weighted by Crippen LogP contribution is 2.20. The second kappa shape index (κ2) is 5.71. The van der Waals surface area contributed by atoms with Crippen molar-refractivity contribution in [3.8, 4) is 0 Å².